The largest absolute Gasteiger partial charge is 0.459 e. The van der Waals surface area contributed by atoms with Gasteiger partial charge >= 0.3 is 0 Å². The number of nitrogens with two attached hydrogens (primary N) is 1. The molecule has 0 amide bonds. The van der Waals surface area contributed by atoms with Crippen LogP contribution in [0.15, 0.2) is 34.7 Å². The van der Waals surface area contributed by atoms with Gasteiger partial charge in [-0.3, -0.25) is 0 Å². The van der Waals surface area contributed by atoms with Crippen molar-refractivity contribution < 1.29 is 4.42 Å². The topological polar surface area (TPSA) is 63.2 Å². The Morgan fingerprint density at radius 1 is 1.27 bits per heavy atom. The predicted octanol–water partition coefficient (Wildman–Crippen LogP) is 1.26. The monoisotopic (exact) mass is 203 g/mol. The zero-order chi connectivity index (χ0) is 10.3. The molecule has 15 heavy (non-hydrogen) atoms. The van der Waals surface area contributed by atoms with E-state index in [9.17, 15) is 0 Å². The number of hydrogen-bond donors (Lipinski definition) is 3. The summed E-state index contributed by atoms with van der Waals surface area (Å²) in [6, 6.07) is 10.2. The summed E-state index contributed by atoms with van der Waals surface area (Å²) in [6.45, 7) is 0. The quantitative estimate of drug-likeness (QED) is 0.653. The highest BCUT2D eigenvalue weighted by Crippen LogP contribution is 2.27. The number of nitrogens with one attached hydrogen (secondary N) is 2. The van der Waals surface area contributed by atoms with Crippen molar-refractivity contribution in [2.45, 2.75) is 18.6 Å². The Morgan fingerprint density at radius 2 is 2.13 bits per heavy atom. The number of fused-ring (bicyclic) bond motifs is 1. The minimum atomic E-state index is 0.00297. The molecular formula is C11H13N3O. The van der Waals surface area contributed by atoms with Gasteiger partial charge in [0.15, 0.2) is 0 Å². The Labute approximate surface area is 87.4 Å². The lowest BCUT2D eigenvalue weighted by molar-refractivity contribution is 0.455. The number of hydrazine groups is 1. The maximum Gasteiger partial charge on any atom is 0.134 e. The molecule has 0 spiro atoms. The van der Waals surface area contributed by atoms with Crippen molar-refractivity contribution in [2.24, 2.45) is 5.73 Å². The first-order chi connectivity index (χ1) is 7.33. The van der Waals surface area contributed by atoms with Crippen LogP contribution in [-0.2, 0) is 0 Å². The molecule has 0 bridgehead atoms. The molecule has 4 heteroatoms. The number of hydrogen-bond acceptors (Lipinski definition) is 4. The van der Waals surface area contributed by atoms with E-state index in [1.165, 1.54) is 0 Å². The summed E-state index contributed by atoms with van der Waals surface area (Å²) in [6.07, 6.45) is 0.850. The normalized spacial score (nSPS) is 26.2. The van der Waals surface area contributed by atoms with Crippen LogP contribution in [0.4, 0.5) is 0 Å². The van der Waals surface area contributed by atoms with Gasteiger partial charge in [-0.15, -0.1) is 0 Å². The van der Waals surface area contributed by atoms with Gasteiger partial charge in [-0.2, -0.15) is 0 Å². The van der Waals surface area contributed by atoms with Gasteiger partial charge in [-0.1, -0.05) is 18.2 Å². The molecule has 1 aromatic heterocycles. The average molecular weight is 203 g/mol. The standard InChI is InChI=1S/C11H13N3O/c12-11-6-8(13-14-11)10-5-7-3-1-2-4-9(7)15-10/h1-5,8,11,13-14H,6,12H2. The van der Waals surface area contributed by atoms with Crippen LogP contribution in [0.2, 0.25) is 0 Å². The van der Waals surface area contributed by atoms with Gasteiger partial charge in [-0.05, 0) is 12.1 Å². The number of para-hydroxylation sites is 1. The summed E-state index contributed by atoms with van der Waals surface area (Å²) in [4.78, 5) is 0. The van der Waals surface area contributed by atoms with Crippen LogP contribution in [0, 0.1) is 0 Å². The fraction of sp³-hybridized carbons (Fsp3) is 0.273. The average Bonchev–Trinajstić information content (AvgIpc) is 2.82. The fourth-order valence-corrected chi connectivity index (χ4v) is 1.94. The summed E-state index contributed by atoms with van der Waals surface area (Å²) < 4.78 is 5.74. The first-order valence-corrected chi connectivity index (χ1v) is 5.08. The van der Waals surface area contributed by atoms with Crippen molar-refractivity contribution >= 4 is 11.0 Å². The third-order valence-electron chi connectivity index (χ3n) is 2.72. The lowest BCUT2D eigenvalue weighted by Crippen LogP contribution is -2.36. The molecule has 2 unspecified atom stereocenters. The van der Waals surface area contributed by atoms with E-state index in [0.717, 1.165) is 23.2 Å². The van der Waals surface area contributed by atoms with Gasteiger partial charge in [0.25, 0.3) is 0 Å². The van der Waals surface area contributed by atoms with E-state index in [0.29, 0.717) is 0 Å². The van der Waals surface area contributed by atoms with Gasteiger partial charge in [-0.25, -0.2) is 10.9 Å². The summed E-state index contributed by atoms with van der Waals surface area (Å²) in [5.74, 6) is 0.941. The summed E-state index contributed by atoms with van der Waals surface area (Å²) in [7, 11) is 0. The van der Waals surface area contributed by atoms with E-state index in [2.05, 4.69) is 16.9 Å². The summed E-state index contributed by atoms with van der Waals surface area (Å²) in [5.41, 5.74) is 12.8. The van der Waals surface area contributed by atoms with E-state index in [-0.39, 0.29) is 12.2 Å². The lowest BCUT2D eigenvalue weighted by Gasteiger charge is -2.03. The van der Waals surface area contributed by atoms with Crippen molar-refractivity contribution in [3.8, 4) is 0 Å². The Balaban J connectivity index is 1.98. The Bertz CT molecular complexity index is 446. The van der Waals surface area contributed by atoms with Gasteiger partial charge in [0.05, 0.1) is 12.2 Å². The minimum absolute atomic E-state index is 0.00297. The second-order valence-corrected chi connectivity index (χ2v) is 3.87. The van der Waals surface area contributed by atoms with Crippen LogP contribution in [0.1, 0.15) is 18.2 Å². The molecule has 1 aliphatic heterocycles. The molecule has 1 aromatic carbocycles. The van der Waals surface area contributed by atoms with Crippen LogP contribution >= 0.6 is 0 Å². The SMILES string of the molecule is NC1CC(c2cc3ccccc3o2)NN1. The molecule has 1 aliphatic rings. The van der Waals surface area contributed by atoms with E-state index in [4.69, 9.17) is 10.2 Å². The van der Waals surface area contributed by atoms with Crippen molar-refractivity contribution in [2.75, 3.05) is 0 Å². The van der Waals surface area contributed by atoms with E-state index in [1.807, 2.05) is 24.3 Å². The van der Waals surface area contributed by atoms with Gasteiger partial charge in [0, 0.05) is 11.8 Å². The third-order valence-corrected chi connectivity index (χ3v) is 2.72. The van der Waals surface area contributed by atoms with Crippen LogP contribution in [0.5, 0.6) is 0 Å². The maximum atomic E-state index is 5.74. The zero-order valence-electron chi connectivity index (χ0n) is 8.23. The molecule has 0 aliphatic carbocycles. The van der Waals surface area contributed by atoms with E-state index < -0.39 is 0 Å². The molecule has 2 heterocycles. The van der Waals surface area contributed by atoms with Crippen molar-refractivity contribution in [3.63, 3.8) is 0 Å². The van der Waals surface area contributed by atoms with E-state index in [1.54, 1.807) is 0 Å². The second kappa shape index (κ2) is 3.34. The van der Waals surface area contributed by atoms with Gasteiger partial charge < -0.3 is 10.2 Å². The maximum absolute atomic E-state index is 5.74. The molecule has 4 N–H and O–H groups in total. The number of rotatable bonds is 1. The number of furan rings is 1. The van der Waals surface area contributed by atoms with Gasteiger partial charge in [0.1, 0.15) is 11.3 Å². The molecule has 4 nitrogen and oxygen atoms in total. The fourth-order valence-electron chi connectivity index (χ4n) is 1.94. The van der Waals surface area contributed by atoms with Crippen molar-refractivity contribution in [3.05, 3.63) is 36.1 Å². The molecule has 1 fully saturated rings. The number of benzene rings is 1. The van der Waals surface area contributed by atoms with Crippen molar-refractivity contribution in [1.29, 1.82) is 0 Å². The molecule has 2 aromatic rings. The molecular weight excluding hydrogens is 190 g/mol. The Kier molecular flexibility index (Phi) is 1.98. The van der Waals surface area contributed by atoms with Crippen molar-refractivity contribution in [1.82, 2.24) is 10.9 Å². The highest BCUT2D eigenvalue weighted by Gasteiger charge is 2.24. The first kappa shape index (κ1) is 8.91. The molecule has 2 atom stereocenters. The first-order valence-electron chi connectivity index (χ1n) is 5.08. The lowest BCUT2D eigenvalue weighted by atomic mass is 10.1. The van der Waals surface area contributed by atoms with E-state index >= 15 is 0 Å². The third kappa shape index (κ3) is 1.52. The Morgan fingerprint density at radius 3 is 2.87 bits per heavy atom. The smallest absolute Gasteiger partial charge is 0.134 e. The van der Waals surface area contributed by atoms with Crippen LogP contribution in [-0.4, -0.2) is 6.17 Å². The molecule has 1 saturated heterocycles. The minimum Gasteiger partial charge on any atom is -0.459 e. The zero-order valence-corrected chi connectivity index (χ0v) is 8.23. The molecule has 78 valence electrons. The highest BCUT2D eigenvalue weighted by atomic mass is 16.3. The summed E-state index contributed by atoms with van der Waals surface area (Å²) >= 11 is 0. The van der Waals surface area contributed by atoms with Crippen LogP contribution in [0.3, 0.4) is 0 Å². The van der Waals surface area contributed by atoms with Crippen LogP contribution in [0.25, 0.3) is 11.0 Å². The Hall–Kier alpha value is -1.36. The second-order valence-electron chi connectivity index (χ2n) is 3.87. The highest BCUT2D eigenvalue weighted by molar-refractivity contribution is 5.77. The molecule has 3 rings (SSSR count). The van der Waals surface area contributed by atoms with Crippen LogP contribution < -0.4 is 16.6 Å². The van der Waals surface area contributed by atoms with Gasteiger partial charge in [0.2, 0.25) is 0 Å². The molecule has 0 saturated carbocycles. The molecule has 0 radical (unpaired) electrons. The predicted molar refractivity (Wildman–Crippen MR) is 57.8 cm³/mol. The summed E-state index contributed by atoms with van der Waals surface area (Å²) in [5, 5.41) is 1.13.